The summed E-state index contributed by atoms with van der Waals surface area (Å²) < 4.78 is 0. The van der Waals surface area contributed by atoms with E-state index in [0.29, 0.717) is 0 Å². The third-order valence-electron chi connectivity index (χ3n) is 4.12. The van der Waals surface area contributed by atoms with E-state index in [2.05, 4.69) is 19.3 Å². The van der Waals surface area contributed by atoms with Crippen LogP contribution in [0.15, 0.2) is 0 Å². The van der Waals surface area contributed by atoms with Gasteiger partial charge < -0.3 is 5.32 Å². The van der Waals surface area contributed by atoms with Crippen LogP contribution in [0.1, 0.15) is 39.0 Å². The molecule has 0 spiro atoms. The first-order valence-electron chi connectivity index (χ1n) is 5.52. The van der Waals surface area contributed by atoms with Gasteiger partial charge in [-0.1, -0.05) is 13.3 Å². The molecule has 1 nitrogen and oxygen atoms in total. The van der Waals surface area contributed by atoms with Gasteiger partial charge in [0.25, 0.3) is 0 Å². The van der Waals surface area contributed by atoms with Crippen molar-refractivity contribution in [3.05, 3.63) is 0 Å². The standard InChI is InChI=1S/C11H21N/c1-3-11(12-2)10-7-8-4-5-9(10)6-8/h8-12H,3-7H2,1-2H3. The molecule has 2 aliphatic rings. The Labute approximate surface area is 75.9 Å². The van der Waals surface area contributed by atoms with Crippen LogP contribution in [0.3, 0.4) is 0 Å². The molecule has 0 aromatic heterocycles. The molecule has 2 fully saturated rings. The van der Waals surface area contributed by atoms with Crippen LogP contribution in [0.5, 0.6) is 0 Å². The Kier molecular flexibility index (Phi) is 2.40. The molecule has 4 atom stereocenters. The molecule has 0 radical (unpaired) electrons. The van der Waals surface area contributed by atoms with E-state index in [4.69, 9.17) is 0 Å². The van der Waals surface area contributed by atoms with Crippen molar-refractivity contribution in [3.63, 3.8) is 0 Å². The predicted octanol–water partition coefficient (Wildman–Crippen LogP) is 2.42. The highest BCUT2D eigenvalue weighted by atomic mass is 14.9. The Bertz CT molecular complexity index is 151. The second-order valence-corrected chi connectivity index (χ2v) is 4.64. The molecule has 2 rings (SSSR count). The van der Waals surface area contributed by atoms with Gasteiger partial charge in [-0.2, -0.15) is 0 Å². The fourth-order valence-electron chi connectivity index (χ4n) is 3.51. The van der Waals surface area contributed by atoms with Crippen molar-refractivity contribution in [1.29, 1.82) is 0 Å². The average Bonchev–Trinajstić information content (AvgIpc) is 2.67. The lowest BCUT2D eigenvalue weighted by Gasteiger charge is -2.29. The molecule has 0 amide bonds. The second kappa shape index (κ2) is 3.37. The number of rotatable bonds is 3. The smallest absolute Gasteiger partial charge is 0.00924 e. The molecule has 0 aromatic carbocycles. The molecule has 0 heterocycles. The van der Waals surface area contributed by atoms with E-state index in [-0.39, 0.29) is 0 Å². The summed E-state index contributed by atoms with van der Waals surface area (Å²) in [7, 11) is 2.13. The van der Waals surface area contributed by atoms with Crippen LogP contribution in [0, 0.1) is 17.8 Å². The fourth-order valence-corrected chi connectivity index (χ4v) is 3.51. The van der Waals surface area contributed by atoms with Gasteiger partial charge >= 0.3 is 0 Å². The van der Waals surface area contributed by atoms with Gasteiger partial charge in [0.1, 0.15) is 0 Å². The van der Waals surface area contributed by atoms with Crippen molar-refractivity contribution in [3.8, 4) is 0 Å². The van der Waals surface area contributed by atoms with Gasteiger partial charge in [-0.05, 0) is 50.5 Å². The molecular weight excluding hydrogens is 146 g/mol. The van der Waals surface area contributed by atoms with Gasteiger partial charge in [0.2, 0.25) is 0 Å². The first-order valence-corrected chi connectivity index (χ1v) is 5.52. The zero-order valence-corrected chi connectivity index (χ0v) is 8.34. The largest absolute Gasteiger partial charge is 0.317 e. The van der Waals surface area contributed by atoms with E-state index in [9.17, 15) is 0 Å². The highest BCUT2D eigenvalue weighted by molar-refractivity contribution is 4.94. The third-order valence-corrected chi connectivity index (χ3v) is 4.12. The minimum absolute atomic E-state index is 0.806. The van der Waals surface area contributed by atoms with E-state index in [1.54, 1.807) is 6.42 Å². The number of nitrogens with one attached hydrogen (secondary N) is 1. The summed E-state index contributed by atoms with van der Waals surface area (Å²) in [5.41, 5.74) is 0. The Morgan fingerprint density at radius 2 is 2.17 bits per heavy atom. The van der Waals surface area contributed by atoms with E-state index >= 15 is 0 Å². The number of hydrogen-bond acceptors (Lipinski definition) is 1. The van der Waals surface area contributed by atoms with Crippen molar-refractivity contribution in [2.24, 2.45) is 17.8 Å². The molecule has 0 saturated heterocycles. The maximum absolute atomic E-state index is 3.48. The maximum atomic E-state index is 3.48. The minimum atomic E-state index is 0.806. The van der Waals surface area contributed by atoms with Gasteiger partial charge in [-0.3, -0.25) is 0 Å². The first-order chi connectivity index (χ1) is 5.85. The fraction of sp³-hybridized carbons (Fsp3) is 1.00. The van der Waals surface area contributed by atoms with Crippen LogP contribution >= 0.6 is 0 Å². The summed E-state index contributed by atoms with van der Waals surface area (Å²) in [6, 6.07) is 0.806. The van der Waals surface area contributed by atoms with Crippen molar-refractivity contribution < 1.29 is 0 Å². The molecule has 1 N–H and O–H groups in total. The third kappa shape index (κ3) is 1.28. The van der Waals surface area contributed by atoms with Gasteiger partial charge in [0, 0.05) is 6.04 Å². The monoisotopic (exact) mass is 167 g/mol. The Hall–Kier alpha value is -0.0400. The number of fused-ring (bicyclic) bond motifs is 2. The van der Waals surface area contributed by atoms with E-state index in [1.807, 2.05) is 0 Å². The number of hydrogen-bond donors (Lipinski definition) is 1. The van der Waals surface area contributed by atoms with Crippen molar-refractivity contribution in [2.45, 2.75) is 45.1 Å². The molecule has 4 unspecified atom stereocenters. The molecule has 70 valence electrons. The Morgan fingerprint density at radius 1 is 1.33 bits per heavy atom. The quantitative estimate of drug-likeness (QED) is 0.680. The van der Waals surface area contributed by atoms with Gasteiger partial charge in [0.15, 0.2) is 0 Å². The van der Waals surface area contributed by atoms with Gasteiger partial charge in [-0.15, -0.1) is 0 Å². The molecule has 0 aromatic rings. The van der Waals surface area contributed by atoms with Crippen LogP contribution in [0.25, 0.3) is 0 Å². The van der Waals surface area contributed by atoms with Crippen LogP contribution in [0.4, 0.5) is 0 Å². The Balaban J connectivity index is 1.96. The second-order valence-electron chi connectivity index (χ2n) is 4.64. The van der Waals surface area contributed by atoms with Crippen LogP contribution in [-0.2, 0) is 0 Å². The summed E-state index contributed by atoms with van der Waals surface area (Å²) in [5.74, 6) is 3.19. The van der Waals surface area contributed by atoms with Crippen LogP contribution in [-0.4, -0.2) is 13.1 Å². The van der Waals surface area contributed by atoms with Crippen molar-refractivity contribution in [1.82, 2.24) is 5.32 Å². The summed E-state index contributed by atoms with van der Waals surface area (Å²) in [5, 5.41) is 3.48. The lowest BCUT2D eigenvalue weighted by atomic mass is 9.82. The molecule has 2 aliphatic carbocycles. The van der Waals surface area contributed by atoms with Crippen molar-refractivity contribution in [2.75, 3.05) is 7.05 Å². The van der Waals surface area contributed by atoms with Crippen molar-refractivity contribution >= 4 is 0 Å². The average molecular weight is 167 g/mol. The lowest BCUT2D eigenvalue weighted by molar-refractivity contribution is 0.252. The summed E-state index contributed by atoms with van der Waals surface area (Å²) in [4.78, 5) is 0. The first kappa shape index (κ1) is 8.55. The zero-order chi connectivity index (χ0) is 8.55. The van der Waals surface area contributed by atoms with E-state index in [0.717, 1.165) is 23.8 Å². The normalized spacial score (nSPS) is 42.0. The van der Waals surface area contributed by atoms with Crippen LogP contribution in [0.2, 0.25) is 0 Å². The topological polar surface area (TPSA) is 12.0 Å². The summed E-state index contributed by atoms with van der Waals surface area (Å²) in [6.07, 6.45) is 7.42. The molecule has 12 heavy (non-hydrogen) atoms. The SMILES string of the molecule is CCC(NC)C1CC2CCC1C2. The Morgan fingerprint density at radius 3 is 2.58 bits per heavy atom. The van der Waals surface area contributed by atoms with E-state index < -0.39 is 0 Å². The summed E-state index contributed by atoms with van der Waals surface area (Å²) in [6.45, 7) is 2.31. The maximum Gasteiger partial charge on any atom is 0.00924 e. The molecular formula is C11H21N. The zero-order valence-electron chi connectivity index (χ0n) is 8.34. The molecule has 2 bridgehead atoms. The molecule has 1 heteroatoms. The van der Waals surface area contributed by atoms with E-state index in [1.165, 1.54) is 25.7 Å². The van der Waals surface area contributed by atoms with Gasteiger partial charge in [0.05, 0.1) is 0 Å². The minimum Gasteiger partial charge on any atom is -0.317 e. The highest BCUT2D eigenvalue weighted by Crippen LogP contribution is 2.49. The molecule has 2 saturated carbocycles. The van der Waals surface area contributed by atoms with Crippen LogP contribution < -0.4 is 5.32 Å². The van der Waals surface area contributed by atoms with Gasteiger partial charge in [-0.25, -0.2) is 0 Å². The predicted molar refractivity (Wildman–Crippen MR) is 52.1 cm³/mol. The summed E-state index contributed by atoms with van der Waals surface area (Å²) >= 11 is 0. The molecule has 0 aliphatic heterocycles. The lowest BCUT2D eigenvalue weighted by Crippen LogP contribution is -2.35. The highest BCUT2D eigenvalue weighted by Gasteiger charge is 2.41.